The molecule has 1 aromatic carbocycles. The molecule has 0 saturated carbocycles. The van der Waals surface area contributed by atoms with Crippen LogP contribution in [0.25, 0.3) is 10.4 Å². The Bertz CT molecular complexity index is 337. The number of hydrogen-bond donors (Lipinski definition) is 0. The Balaban J connectivity index is 2.31. The highest BCUT2D eigenvalue weighted by molar-refractivity contribution is 7.99. The van der Waals surface area contributed by atoms with Gasteiger partial charge >= 0.3 is 0 Å². The van der Waals surface area contributed by atoms with Crippen LogP contribution in [-0.2, 0) is 0 Å². The van der Waals surface area contributed by atoms with Gasteiger partial charge in [-0.1, -0.05) is 28.8 Å². The molecule has 1 rings (SSSR count). The van der Waals surface area contributed by atoms with Crippen LogP contribution in [0.1, 0.15) is 6.42 Å². The molecule has 0 spiro atoms. The van der Waals surface area contributed by atoms with Gasteiger partial charge in [-0.15, -0.1) is 11.8 Å². The van der Waals surface area contributed by atoms with Crippen molar-refractivity contribution in [2.45, 2.75) is 11.3 Å². The van der Waals surface area contributed by atoms with Gasteiger partial charge in [0.05, 0.1) is 5.02 Å². The zero-order valence-electron chi connectivity index (χ0n) is 7.56. The van der Waals surface area contributed by atoms with E-state index in [4.69, 9.17) is 17.1 Å². The molecular weight excluding hydrogens is 218 g/mol. The molecule has 0 bridgehead atoms. The van der Waals surface area contributed by atoms with E-state index < -0.39 is 0 Å². The van der Waals surface area contributed by atoms with E-state index in [1.54, 1.807) is 11.8 Å². The summed E-state index contributed by atoms with van der Waals surface area (Å²) < 4.78 is 0. The predicted octanol–water partition coefficient (Wildman–Crippen LogP) is 4.13. The van der Waals surface area contributed by atoms with Gasteiger partial charge in [-0.05, 0) is 29.8 Å². The van der Waals surface area contributed by atoms with E-state index in [1.165, 1.54) is 0 Å². The summed E-state index contributed by atoms with van der Waals surface area (Å²) in [5.74, 6) is 0.919. The van der Waals surface area contributed by atoms with Crippen LogP contribution in [0.5, 0.6) is 0 Å². The topological polar surface area (TPSA) is 48.8 Å². The maximum Gasteiger partial charge on any atom is 0.0541 e. The van der Waals surface area contributed by atoms with E-state index in [2.05, 4.69) is 10.0 Å². The molecule has 0 heterocycles. The molecule has 0 unspecified atom stereocenters. The second-order valence-electron chi connectivity index (χ2n) is 2.59. The van der Waals surface area contributed by atoms with Crippen molar-refractivity contribution in [1.82, 2.24) is 0 Å². The highest BCUT2D eigenvalue weighted by Gasteiger charge is 1.98. The van der Waals surface area contributed by atoms with Gasteiger partial charge in [0.15, 0.2) is 0 Å². The molecule has 0 fully saturated rings. The van der Waals surface area contributed by atoms with Gasteiger partial charge in [0, 0.05) is 16.4 Å². The highest BCUT2D eigenvalue weighted by Crippen LogP contribution is 2.26. The van der Waals surface area contributed by atoms with Gasteiger partial charge < -0.3 is 0 Å². The van der Waals surface area contributed by atoms with Gasteiger partial charge in [0.2, 0.25) is 0 Å². The number of azide groups is 1. The lowest BCUT2D eigenvalue weighted by molar-refractivity contribution is 0.932. The van der Waals surface area contributed by atoms with Gasteiger partial charge in [0.25, 0.3) is 0 Å². The fraction of sp³-hybridized carbons (Fsp3) is 0.333. The average molecular weight is 228 g/mol. The van der Waals surface area contributed by atoms with Crippen molar-refractivity contribution >= 4 is 23.4 Å². The SMILES string of the molecule is [N-]=[N+]=NCCCSc1ccccc1Cl. The number of halogens is 1. The minimum atomic E-state index is 0.550. The largest absolute Gasteiger partial charge is 0.125 e. The van der Waals surface area contributed by atoms with Crippen molar-refractivity contribution in [1.29, 1.82) is 0 Å². The number of nitrogens with zero attached hydrogens (tertiary/aromatic N) is 3. The molecular formula is C9H10ClN3S. The van der Waals surface area contributed by atoms with Crippen molar-refractivity contribution in [3.05, 3.63) is 39.7 Å². The van der Waals surface area contributed by atoms with Crippen LogP contribution in [-0.4, -0.2) is 12.3 Å². The van der Waals surface area contributed by atoms with E-state index in [0.717, 1.165) is 22.1 Å². The molecule has 0 saturated heterocycles. The fourth-order valence-corrected chi connectivity index (χ4v) is 2.10. The molecule has 74 valence electrons. The Labute approximate surface area is 92.1 Å². The molecule has 0 aliphatic rings. The summed E-state index contributed by atoms with van der Waals surface area (Å²) in [6.07, 6.45) is 0.875. The van der Waals surface area contributed by atoms with Gasteiger partial charge in [-0.2, -0.15) is 0 Å². The van der Waals surface area contributed by atoms with E-state index in [-0.39, 0.29) is 0 Å². The molecule has 0 aliphatic carbocycles. The van der Waals surface area contributed by atoms with Gasteiger partial charge in [-0.25, -0.2) is 0 Å². The fourth-order valence-electron chi connectivity index (χ4n) is 0.924. The smallest absolute Gasteiger partial charge is 0.0541 e. The molecule has 0 radical (unpaired) electrons. The zero-order valence-corrected chi connectivity index (χ0v) is 9.13. The lowest BCUT2D eigenvalue weighted by Gasteiger charge is -2.01. The first-order valence-corrected chi connectivity index (χ1v) is 5.59. The highest BCUT2D eigenvalue weighted by atomic mass is 35.5. The monoisotopic (exact) mass is 227 g/mol. The quantitative estimate of drug-likeness (QED) is 0.245. The van der Waals surface area contributed by atoms with E-state index in [9.17, 15) is 0 Å². The van der Waals surface area contributed by atoms with Crippen molar-refractivity contribution < 1.29 is 0 Å². The number of hydrogen-bond acceptors (Lipinski definition) is 2. The Morgan fingerprint density at radius 1 is 1.43 bits per heavy atom. The number of benzene rings is 1. The van der Waals surface area contributed by atoms with Gasteiger partial charge in [0.1, 0.15) is 0 Å². The summed E-state index contributed by atoms with van der Waals surface area (Å²) >= 11 is 7.64. The first-order chi connectivity index (χ1) is 6.84. The number of thioether (sulfide) groups is 1. The van der Waals surface area contributed by atoms with Gasteiger partial charge in [-0.3, -0.25) is 0 Å². The maximum absolute atomic E-state index is 8.06. The number of rotatable bonds is 5. The molecule has 0 aromatic heterocycles. The minimum absolute atomic E-state index is 0.550. The summed E-state index contributed by atoms with van der Waals surface area (Å²) in [5, 5.41) is 4.24. The van der Waals surface area contributed by atoms with Crippen LogP contribution in [0.2, 0.25) is 5.02 Å². The first kappa shape index (κ1) is 11.2. The normalized spacial score (nSPS) is 9.50. The van der Waals surface area contributed by atoms with Crippen LogP contribution in [0.3, 0.4) is 0 Å². The second kappa shape index (κ2) is 6.60. The Morgan fingerprint density at radius 3 is 2.93 bits per heavy atom. The molecule has 3 nitrogen and oxygen atoms in total. The van der Waals surface area contributed by atoms with Crippen LogP contribution >= 0.6 is 23.4 Å². The lowest BCUT2D eigenvalue weighted by Crippen LogP contribution is -1.83. The minimum Gasteiger partial charge on any atom is -0.125 e. The third-order valence-corrected chi connectivity index (χ3v) is 3.16. The Hall–Kier alpha value is -0.830. The summed E-state index contributed by atoms with van der Waals surface area (Å²) in [6, 6.07) is 7.73. The second-order valence-corrected chi connectivity index (χ2v) is 4.13. The molecule has 1 aromatic rings. The van der Waals surface area contributed by atoms with Crippen LogP contribution < -0.4 is 0 Å². The van der Waals surface area contributed by atoms with Crippen LogP contribution in [0, 0.1) is 0 Å². The molecule has 0 atom stereocenters. The molecule has 0 N–H and O–H groups in total. The molecule has 14 heavy (non-hydrogen) atoms. The summed E-state index contributed by atoms with van der Waals surface area (Å²) in [4.78, 5) is 3.77. The molecule has 5 heteroatoms. The summed E-state index contributed by atoms with van der Waals surface area (Å²) in [5.41, 5.74) is 8.06. The standard InChI is InChI=1S/C9H10ClN3S/c10-8-4-1-2-5-9(8)14-7-3-6-12-13-11/h1-2,4-5H,3,6-7H2. The lowest BCUT2D eigenvalue weighted by atomic mass is 10.4. The Morgan fingerprint density at radius 2 is 2.21 bits per heavy atom. The molecule has 0 aliphatic heterocycles. The third kappa shape index (κ3) is 3.92. The maximum atomic E-state index is 8.06. The third-order valence-electron chi connectivity index (χ3n) is 1.56. The Kier molecular flexibility index (Phi) is 5.30. The van der Waals surface area contributed by atoms with Crippen molar-refractivity contribution in [3.63, 3.8) is 0 Å². The summed E-state index contributed by atoms with van der Waals surface area (Å²) in [7, 11) is 0. The van der Waals surface area contributed by atoms with E-state index in [0.29, 0.717) is 6.54 Å². The van der Waals surface area contributed by atoms with Crippen LogP contribution in [0.15, 0.2) is 34.3 Å². The van der Waals surface area contributed by atoms with Crippen molar-refractivity contribution in [3.8, 4) is 0 Å². The zero-order chi connectivity index (χ0) is 10.2. The molecule has 0 amide bonds. The predicted molar refractivity (Wildman–Crippen MR) is 60.8 cm³/mol. The van der Waals surface area contributed by atoms with E-state index >= 15 is 0 Å². The van der Waals surface area contributed by atoms with Crippen molar-refractivity contribution in [2.24, 2.45) is 5.11 Å². The summed E-state index contributed by atoms with van der Waals surface area (Å²) in [6.45, 7) is 0.550. The average Bonchev–Trinajstić information content (AvgIpc) is 2.20. The first-order valence-electron chi connectivity index (χ1n) is 4.23. The van der Waals surface area contributed by atoms with Crippen molar-refractivity contribution in [2.75, 3.05) is 12.3 Å². The van der Waals surface area contributed by atoms with E-state index in [1.807, 2.05) is 24.3 Å². The van der Waals surface area contributed by atoms with Crippen LogP contribution in [0.4, 0.5) is 0 Å².